The van der Waals surface area contributed by atoms with Crippen LogP contribution in [0.3, 0.4) is 0 Å². The molecule has 0 unspecified atom stereocenters. The average molecular weight is 385 g/mol. The van der Waals surface area contributed by atoms with E-state index in [2.05, 4.69) is 4.74 Å². The molecule has 6 nitrogen and oxygen atoms in total. The number of carbonyl (C=O) groups is 2. The van der Waals surface area contributed by atoms with Crippen molar-refractivity contribution in [3.05, 3.63) is 0 Å². The Hall–Kier alpha value is -0.0969. The van der Waals surface area contributed by atoms with Crippen molar-refractivity contribution < 1.29 is 45.8 Å². The molecule has 7 heteroatoms. The Kier molecular flexibility index (Phi) is 18.0. The van der Waals surface area contributed by atoms with Gasteiger partial charge >= 0.3 is 84.0 Å². The molecule has 0 aromatic heterocycles. The molecule has 21 heavy (non-hydrogen) atoms. The zero-order chi connectivity index (χ0) is 16.7. The van der Waals surface area contributed by atoms with Gasteiger partial charge in [-0.15, -0.1) is 0 Å². The Labute approximate surface area is 138 Å². The molecule has 0 saturated heterocycles. The summed E-state index contributed by atoms with van der Waals surface area (Å²) in [6, 6.07) is 0. The van der Waals surface area contributed by atoms with Crippen LogP contribution in [-0.4, -0.2) is 31.8 Å². The second-order valence-corrected chi connectivity index (χ2v) is 7.33. The van der Waals surface area contributed by atoms with Gasteiger partial charge in [-0.3, -0.25) is 9.59 Å². The third-order valence-corrected chi connectivity index (χ3v) is 6.22. The molecule has 0 radical (unpaired) electrons. The third-order valence-electron chi connectivity index (χ3n) is 2.35. The summed E-state index contributed by atoms with van der Waals surface area (Å²) in [5.41, 5.74) is 0. The first-order valence-corrected chi connectivity index (χ1v) is 10.4. The van der Waals surface area contributed by atoms with Crippen LogP contribution in [0.1, 0.15) is 54.4 Å². The minimum atomic E-state index is -2.26. The normalized spacial score (nSPS) is 9.86. The molecule has 0 aromatic carbocycles. The van der Waals surface area contributed by atoms with Crippen molar-refractivity contribution in [1.29, 1.82) is 0 Å². The van der Waals surface area contributed by atoms with Crippen LogP contribution >= 0.6 is 0 Å². The Morgan fingerprint density at radius 2 is 1.24 bits per heavy atom. The van der Waals surface area contributed by atoms with Crippen molar-refractivity contribution >= 4 is 11.9 Å². The third kappa shape index (κ3) is 14.6. The molecule has 0 aromatic rings. The SMILES string of the molecule is CCC(CC)C(=O)OC(C)=O.CC[O][Zr]([O]CC)[O]CC. The molecule has 0 fully saturated rings. The number of carbonyl (C=O) groups excluding carboxylic acids is 2. The Bertz CT molecular complexity index is 254. The molecule has 0 aliphatic rings. The second kappa shape index (κ2) is 16.3. The topological polar surface area (TPSA) is 71.1 Å². The van der Waals surface area contributed by atoms with Gasteiger partial charge < -0.3 is 4.74 Å². The summed E-state index contributed by atoms with van der Waals surface area (Å²) >= 11 is -2.26. The Morgan fingerprint density at radius 3 is 1.48 bits per heavy atom. The van der Waals surface area contributed by atoms with E-state index < -0.39 is 35.0 Å². The van der Waals surface area contributed by atoms with Crippen LogP contribution in [0, 0.1) is 5.92 Å². The van der Waals surface area contributed by atoms with E-state index in [0.717, 1.165) is 12.8 Å². The van der Waals surface area contributed by atoms with E-state index >= 15 is 0 Å². The van der Waals surface area contributed by atoms with Gasteiger partial charge in [0.05, 0.1) is 5.92 Å². The van der Waals surface area contributed by atoms with Gasteiger partial charge in [-0.05, 0) is 12.8 Å². The quantitative estimate of drug-likeness (QED) is 0.449. The molecule has 0 spiro atoms. The fraction of sp³-hybridized carbons (Fsp3) is 0.857. The molecule has 0 N–H and O–H groups in total. The summed E-state index contributed by atoms with van der Waals surface area (Å²) < 4.78 is 20.2. The van der Waals surface area contributed by atoms with Gasteiger partial charge in [-0.25, -0.2) is 0 Å². The van der Waals surface area contributed by atoms with E-state index in [1.54, 1.807) is 0 Å². The van der Waals surface area contributed by atoms with E-state index in [0.29, 0.717) is 19.8 Å². The van der Waals surface area contributed by atoms with E-state index in [1.165, 1.54) is 6.92 Å². The zero-order valence-electron chi connectivity index (χ0n) is 14.1. The molecule has 0 heterocycles. The van der Waals surface area contributed by atoms with Crippen LogP contribution in [0.2, 0.25) is 0 Å². The fourth-order valence-corrected chi connectivity index (χ4v) is 3.68. The van der Waals surface area contributed by atoms with Gasteiger partial charge in [-0.1, -0.05) is 13.8 Å². The van der Waals surface area contributed by atoms with Crippen LogP contribution in [0.15, 0.2) is 0 Å². The first kappa shape index (κ1) is 23.2. The van der Waals surface area contributed by atoms with Gasteiger partial charge in [0.15, 0.2) is 0 Å². The first-order valence-electron chi connectivity index (χ1n) is 7.44. The zero-order valence-corrected chi connectivity index (χ0v) is 16.5. The summed E-state index contributed by atoms with van der Waals surface area (Å²) in [5.74, 6) is -1.05. The molecular weight excluding hydrogens is 355 g/mol. The van der Waals surface area contributed by atoms with E-state index in [9.17, 15) is 9.59 Å². The first-order chi connectivity index (χ1) is 9.96. The maximum atomic E-state index is 11.0. The molecule has 0 aliphatic carbocycles. The van der Waals surface area contributed by atoms with Crippen LogP contribution < -0.4 is 0 Å². The van der Waals surface area contributed by atoms with Crippen LogP contribution in [-0.2, 0) is 45.8 Å². The van der Waals surface area contributed by atoms with Crippen molar-refractivity contribution in [2.75, 3.05) is 19.8 Å². The van der Waals surface area contributed by atoms with Crippen LogP contribution in [0.5, 0.6) is 0 Å². The predicted octanol–water partition coefficient (Wildman–Crippen LogP) is 2.97. The molecule has 0 rings (SSSR count). The van der Waals surface area contributed by atoms with Crippen LogP contribution in [0.25, 0.3) is 0 Å². The molecule has 0 amide bonds. The number of ether oxygens (including phenoxy) is 1. The summed E-state index contributed by atoms with van der Waals surface area (Å²) in [7, 11) is 0. The van der Waals surface area contributed by atoms with Gasteiger partial charge in [0.25, 0.3) is 0 Å². The summed E-state index contributed by atoms with van der Waals surface area (Å²) in [6.07, 6.45) is 1.45. The molecular formula is C14H29O6Zr. The van der Waals surface area contributed by atoms with E-state index in [-0.39, 0.29) is 5.92 Å². The van der Waals surface area contributed by atoms with E-state index in [4.69, 9.17) is 8.44 Å². The second-order valence-electron chi connectivity index (χ2n) is 3.98. The standard InChI is InChI=1S/C8H14O3.3C2H5O.Zr/c1-4-7(5-2)8(10)11-6(3)9;3*1-2-3;/h7H,4-5H2,1-3H3;3*2H2,1H3;/q;3*-1;+3. The molecule has 125 valence electrons. The molecule has 0 bridgehead atoms. The number of esters is 2. The van der Waals surface area contributed by atoms with Crippen molar-refractivity contribution in [2.24, 2.45) is 5.92 Å². The maximum absolute atomic E-state index is 11.0. The van der Waals surface area contributed by atoms with E-state index in [1.807, 2.05) is 34.6 Å². The Balaban J connectivity index is 0. The fourth-order valence-electron chi connectivity index (χ4n) is 1.33. The molecule has 0 atom stereocenters. The number of hydrogen-bond acceptors (Lipinski definition) is 6. The van der Waals surface area contributed by atoms with Crippen molar-refractivity contribution in [2.45, 2.75) is 54.4 Å². The van der Waals surface area contributed by atoms with Crippen LogP contribution in [0.4, 0.5) is 0 Å². The average Bonchev–Trinajstić information content (AvgIpc) is 2.41. The van der Waals surface area contributed by atoms with Crippen molar-refractivity contribution in [3.8, 4) is 0 Å². The van der Waals surface area contributed by atoms with Gasteiger partial charge in [0.2, 0.25) is 0 Å². The van der Waals surface area contributed by atoms with Crippen molar-refractivity contribution in [3.63, 3.8) is 0 Å². The summed E-state index contributed by atoms with van der Waals surface area (Å²) in [5, 5.41) is 0. The molecule has 0 saturated carbocycles. The summed E-state index contributed by atoms with van der Waals surface area (Å²) in [6.45, 7) is 13.0. The predicted molar refractivity (Wildman–Crippen MR) is 75.7 cm³/mol. The monoisotopic (exact) mass is 383 g/mol. The number of rotatable bonds is 9. The van der Waals surface area contributed by atoms with Gasteiger partial charge in [0.1, 0.15) is 0 Å². The van der Waals surface area contributed by atoms with Crippen molar-refractivity contribution in [1.82, 2.24) is 0 Å². The Morgan fingerprint density at radius 1 is 0.857 bits per heavy atom. The minimum absolute atomic E-state index is 0.126. The van der Waals surface area contributed by atoms with Gasteiger partial charge in [0, 0.05) is 6.92 Å². The number of hydrogen-bond donors (Lipinski definition) is 0. The molecule has 0 aliphatic heterocycles. The summed E-state index contributed by atoms with van der Waals surface area (Å²) in [4.78, 5) is 21.3. The van der Waals surface area contributed by atoms with Gasteiger partial charge in [-0.2, -0.15) is 0 Å².